The highest BCUT2D eigenvalue weighted by Crippen LogP contribution is 2.26. The van der Waals surface area contributed by atoms with Crippen LogP contribution < -0.4 is 15.4 Å². The predicted octanol–water partition coefficient (Wildman–Crippen LogP) is 4.33. The second-order valence-corrected chi connectivity index (χ2v) is 6.62. The molecule has 0 unspecified atom stereocenters. The zero-order valence-electron chi connectivity index (χ0n) is 14.7. The Kier molecular flexibility index (Phi) is 5.77. The average molecular weight is 415 g/mol. The molecule has 6 nitrogen and oxygen atoms in total. The van der Waals surface area contributed by atoms with Gasteiger partial charge in [-0.25, -0.2) is 4.79 Å². The second-order valence-electron chi connectivity index (χ2n) is 5.81. The van der Waals surface area contributed by atoms with Crippen LogP contribution in [0.5, 0.6) is 5.75 Å². The Labute approximate surface area is 171 Å². The number of nitrogens with one attached hydrogen (secondary N) is 2. The van der Waals surface area contributed by atoms with Crippen LogP contribution in [0.1, 0.15) is 20.7 Å². The van der Waals surface area contributed by atoms with Crippen LogP contribution >= 0.6 is 23.8 Å². The summed E-state index contributed by atoms with van der Waals surface area (Å²) in [5, 5.41) is 16.3. The van der Waals surface area contributed by atoms with Crippen LogP contribution in [-0.4, -0.2) is 29.2 Å². The maximum Gasteiger partial charge on any atom is 0.337 e. The minimum Gasteiger partial charge on any atom is -0.496 e. The van der Waals surface area contributed by atoms with Crippen molar-refractivity contribution in [2.75, 3.05) is 12.4 Å². The summed E-state index contributed by atoms with van der Waals surface area (Å²) in [4.78, 5) is 23.7. The standard InChI is InChI=1S/C20H15ClN2O4S/c1-27-17-9-12-5-3-2-4-11(12)8-15(17)18(24)23-20(28)22-13-6-7-14(19(25)26)16(21)10-13/h2-10H,1H3,(H,25,26)(H2,22,23,24,28). The predicted molar refractivity (Wildman–Crippen MR) is 113 cm³/mol. The molecular formula is C20H15ClN2O4S. The van der Waals surface area contributed by atoms with Gasteiger partial charge in [0.25, 0.3) is 5.91 Å². The van der Waals surface area contributed by atoms with E-state index in [1.54, 1.807) is 12.1 Å². The van der Waals surface area contributed by atoms with E-state index < -0.39 is 11.9 Å². The summed E-state index contributed by atoms with van der Waals surface area (Å²) < 4.78 is 5.33. The van der Waals surface area contributed by atoms with Gasteiger partial charge in [0.15, 0.2) is 5.11 Å². The number of rotatable bonds is 4. The van der Waals surface area contributed by atoms with Crippen LogP contribution in [0.15, 0.2) is 54.6 Å². The first-order chi connectivity index (χ1) is 13.4. The molecule has 0 bridgehead atoms. The van der Waals surface area contributed by atoms with E-state index >= 15 is 0 Å². The highest BCUT2D eigenvalue weighted by Gasteiger charge is 2.16. The number of carbonyl (C=O) groups is 2. The lowest BCUT2D eigenvalue weighted by Gasteiger charge is -2.13. The van der Waals surface area contributed by atoms with E-state index in [9.17, 15) is 9.59 Å². The first-order valence-corrected chi connectivity index (χ1v) is 8.89. The van der Waals surface area contributed by atoms with Crippen molar-refractivity contribution in [2.24, 2.45) is 0 Å². The molecular weight excluding hydrogens is 400 g/mol. The minimum atomic E-state index is -1.13. The van der Waals surface area contributed by atoms with E-state index in [1.807, 2.05) is 24.3 Å². The van der Waals surface area contributed by atoms with Gasteiger partial charge in [0, 0.05) is 5.69 Å². The molecule has 8 heteroatoms. The van der Waals surface area contributed by atoms with E-state index in [0.29, 0.717) is 17.0 Å². The van der Waals surface area contributed by atoms with Crippen molar-refractivity contribution in [3.8, 4) is 5.75 Å². The van der Waals surface area contributed by atoms with Crippen molar-refractivity contribution in [3.05, 3.63) is 70.7 Å². The Bertz CT molecular complexity index is 1100. The summed E-state index contributed by atoms with van der Waals surface area (Å²) in [5.74, 6) is -1.14. The summed E-state index contributed by atoms with van der Waals surface area (Å²) in [6, 6.07) is 15.4. The molecule has 28 heavy (non-hydrogen) atoms. The number of hydrogen-bond donors (Lipinski definition) is 3. The van der Waals surface area contributed by atoms with Crippen LogP contribution in [0, 0.1) is 0 Å². The highest BCUT2D eigenvalue weighted by molar-refractivity contribution is 7.80. The van der Waals surface area contributed by atoms with Crippen LogP contribution in [0.3, 0.4) is 0 Å². The Balaban J connectivity index is 1.77. The Hall–Kier alpha value is -3.16. The molecule has 142 valence electrons. The van der Waals surface area contributed by atoms with E-state index in [-0.39, 0.29) is 15.7 Å². The number of aromatic carboxylic acids is 1. The van der Waals surface area contributed by atoms with Crippen LogP contribution in [0.2, 0.25) is 5.02 Å². The molecule has 0 fully saturated rings. The molecule has 3 aromatic carbocycles. The largest absolute Gasteiger partial charge is 0.496 e. The Morgan fingerprint density at radius 2 is 1.71 bits per heavy atom. The van der Waals surface area contributed by atoms with Crippen molar-refractivity contribution in [2.45, 2.75) is 0 Å². The Morgan fingerprint density at radius 3 is 2.32 bits per heavy atom. The summed E-state index contributed by atoms with van der Waals surface area (Å²) in [7, 11) is 1.49. The molecule has 0 atom stereocenters. The lowest BCUT2D eigenvalue weighted by atomic mass is 10.1. The second kappa shape index (κ2) is 8.24. The van der Waals surface area contributed by atoms with Crippen LogP contribution in [-0.2, 0) is 0 Å². The molecule has 0 aliphatic carbocycles. The fourth-order valence-electron chi connectivity index (χ4n) is 2.66. The molecule has 1 amide bonds. The van der Waals surface area contributed by atoms with Crippen LogP contribution in [0.25, 0.3) is 10.8 Å². The normalized spacial score (nSPS) is 10.4. The monoisotopic (exact) mass is 414 g/mol. The lowest BCUT2D eigenvalue weighted by molar-refractivity contribution is 0.0697. The zero-order chi connectivity index (χ0) is 20.3. The number of carboxylic acids is 1. The number of benzene rings is 3. The summed E-state index contributed by atoms with van der Waals surface area (Å²) >= 11 is 11.1. The molecule has 0 aromatic heterocycles. The van der Waals surface area contributed by atoms with Crippen LogP contribution in [0.4, 0.5) is 5.69 Å². The van der Waals surface area contributed by atoms with Crippen molar-refractivity contribution >= 4 is 57.3 Å². The van der Waals surface area contributed by atoms with E-state index in [4.69, 9.17) is 33.7 Å². The van der Waals surface area contributed by atoms with Gasteiger partial charge in [0.05, 0.1) is 23.3 Å². The van der Waals surface area contributed by atoms with Gasteiger partial charge in [-0.2, -0.15) is 0 Å². The molecule has 3 aromatic rings. The number of halogens is 1. The number of methoxy groups -OCH3 is 1. The highest BCUT2D eigenvalue weighted by atomic mass is 35.5. The number of fused-ring (bicyclic) bond motifs is 1. The summed E-state index contributed by atoms with van der Waals surface area (Å²) in [6.45, 7) is 0. The zero-order valence-corrected chi connectivity index (χ0v) is 16.2. The smallest absolute Gasteiger partial charge is 0.337 e. The molecule has 3 rings (SSSR count). The van der Waals surface area contributed by atoms with Gasteiger partial charge in [-0.15, -0.1) is 0 Å². The number of hydrogen-bond acceptors (Lipinski definition) is 4. The molecule has 0 spiro atoms. The number of carboxylic acid groups (broad SMARTS) is 1. The van der Waals surface area contributed by atoms with E-state index in [2.05, 4.69) is 10.6 Å². The maximum absolute atomic E-state index is 12.7. The van der Waals surface area contributed by atoms with Gasteiger partial charge < -0.3 is 15.2 Å². The topological polar surface area (TPSA) is 87.7 Å². The molecule has 3 N–H and O–H groups in total. The van der Waals surface area contributed by atoms with Crippen molar-refractivity contribution in [1.29, 1.82) is 0 Å². The third-order valence-corrected chi connectivity index (χ3v) is 4.51. The third kappa shape index (κ3) is 4.21. The maximum atomic E-state index is 12.7. The average Bonchev–Trinajstić information content (AvgIpc) is 2.66. The minimum absolute atomic E-state index is 0.0249. The van der Waals surface area contributed by atoms with Gasteiger partial charge >= 0.3 is 5.97 Å². The van der Waals surface area contributed by atoms with Gasteiger partial charge in [-0.3, -0.25) is 10.1 Å². The molecule has 0 aliphatic rings. The van der Waals surface area contributed by atoms with E-state index in [0.717, 1.165) is 10.8 Å². The molecule has 0 heterocycles. The van der Waals surface area contributed by atoms with Gasteiger partial charge in [-0.05, 0) is 53.3 Å². The summed E-state index contributed by atoms with van der Waals surface area (Å²) in [6.07, 6.45) is 0. The number of amides is 1. The van der Waals surface area contributed by atoms with Crippen molar-refractivity contribution < 1.29 is 19.4 Å². The number of thiocarbonyl (C=S) groups is 1. The first-order valence-electron chi connectivity index (χ1n) is 8.11. The Morgan fingerprint density at radius 1 is 1.04 bits per heavy atom. The van der Waals surface area contributed by atoms with Crippen molar-refractivity contribution in [3.63, 3.8) is 0 Å². The van der Waals surface area contributed by atoms with Gasteiger partial charge in [-0.1, -0.05) is 35.9 Å². The number of carbonyl (C=O) groups excluding carboxylic acids is 1. The SMILES string of the molecule is COc1cc2ccccc2cc1C(=O)NC(=S)Nc1ccc(C(=O)O)c(Cl)c1. The fourth-order valence-corrected chi connectivity index (χ4v) is 3.14. The quantitative estimate of drug-likeness (QED) is 0.551. The molecule has 0 saturated carbocycles. The molecule has 0 aliphatic heterocycles. The lowest BCUT2D eigenvalue weighted by Crippen LogP contribution is -2.34. The van der Waals surface area contributed by atoms with E-state index in [1.165, 1.54) is 25.3 Å². The number of anilines is 1. The number of ether oxygens (including phenoxy) is 1. The first kappa shape index (κ1) is 19.6. The molecule has 0 radical (unpaired) electrons. The molecule has 0 saturated heterocycles. The summed E-state index contributed by atoms with van der Waals surface area (Å²) in [5.41, 5.74) is 0.762. The van der Waals surface area contributed by atoms with Gasteiger partial charge in [0.2, 0.25) is 0 Å². The van der Waals surface area contributed by atoms with Gasteiger partial charge in [0.1, 0.15) is 5.75 Å². The fraction of sp³-hybridized carbons (Fsp3) is 0.0500. The third-order valence-electron chi connectivity index (χ3n) is 4.00. The van der Waals surface area contributed by atoms with Crippen molar-refractivity contribution in [1.82, 2.24) is 5.32 Å².